The summed E-state index contributed by atoms with van der Waals surface area (Å²) in [5.41, 5.74) is 1.10. The van der Waals surface area contributed by atoms with Crippen LogP contribution in [0.4, 0.5) is 15.2 Å². The first-order valence-electron chi connectivity index (χ1n) is 9.99. The van der Waals surface area contributed by atoms with Crippen LogP contribution in [0.5, 0.6) is 11.5 Å². The molecule has 0 aliphatic rings. The van der Waals surface area contributed by atoms with Gasteiger partial charge in [-0.15, -0.1) is 0 Å². The van der Waals surface area contributed by atoms with E-state index in [9.17, 15) is 4.21 Å². The second kappa shape index (κ2) is 12.1. The number of benzene rings is 2. The van der Waals surface area contributed by atoms with Crippen LogP contribution >= 0.6 is 23.1 Å². The van der Waals surface area contributed by atoms with Gasteiger partial charge in [0.25, 0.3) is 0 Å². The highest BCUT2D eigenvalue weighted by Crippen LogP contribution is 2.33. The molecule has 1 aromatic heterocycles. The van der Waals surface area contributed by atoms with Crippen molar-refractivity contribution in [3.63, 3.8) is 0 Å². The third kappa shape index (κ3) is 6.32. The minimum Gasteiger partial charge on any atom is -0.497 e. The first-order valence-corrected chi connectivity index (χ1v) is 12.2. The SMILES string of the molecule is COc1ccc(CN(c2ncns2)S(=O)c2cc(Cl)c(NCCCCO)cc2F)c(OC)c1. The van der Waals surface area contributed by atoms with Crippen molar-refractivity contribution in [2.24, 2.45) is 0 Å². The average molecular weight is 515 g/mol. The second-order valence-electron chi connectivity index (χ2n) is 6.81. The minimum atomic E-state index is -1.97. The Balaban J connectivity index is 1.90. The molecule has 12 heteroatoms. The van der Waals surface area contributed by atoms with Crippen molar-refractivity contribution >= 4 is 44.9 Å². The highest BCUT2D eigenvalue weighted by molar-refractivity contribution is 7.86. The molecule has 3 aromatic rings. The lowest BCUT2D eigenvalue weighted by Crippen LogP contribution is -2.26. The molecule has 2 aromatic carbocycles. The third-order valence-corrected chi connectivity index (χ3v) is 7.19. The summed E-state index contributed by atoms with van der Waals surface area (Å²) >= 11 is 7.38. The Morgan fingerprint density at radius 3 is 2.73 bits per heavy atom. The summed E-state index contributed by atoms with van der Waals surface area (Å²) < 4.78 is 44.6. The van der Waals surface area contributed by atoms with E-state index in [1.807, 2.05) is 0 Å². The molecule has 0 aliphatic heterocycles. The van der Waals surface area contributed by atoms with Crippen molar-refractivity contribution in [1.82, 2.24) is 9.36 Å². The molecule has 33 heavy (non-hydrogen) atoms. The maximum absolute atomic E-state index is 15.0. The van der Waals surface area contributed by atoms with Crippen LogP contribution < -0.4 is 19.1 Å². The first-order chi connectivity index (χ1) is 16.0. The Morgan fingerprint density at radius 1 is 1.24 bits per heavy atom. The van der Waals surface area contributed by atoms with E-state index in [1.165, 1.54) is 29.9 Å². The molecule has 0 aliphatic carbocycles. The maximum Gasteiger partial charge on any atom is 0.217 e. The molecular weight excluding hydrogens is 491 g/mol. The Bertz CT molecular complexity index is 1090. The highest BCUT2D eigenvalue weighted by Gasteiger charge is 2.25. The summed E-state index contributed by atoms with van der Waals surface area (Å²) in [4.78, 5) is 4.08. The lowest BCUT2D eigenvalue weighted by molar-refractivity contribution is 0.286. The Hall–Kier alpha value is -2.47. The number of methoxy groups -OCH3 is 2. The summed E-state index contributed by atoms with van der Waals surface area (Å²) in [6, 6.07) is 7.83. The number of rotatable bonds is 12. The van der Waals surface area contributed by atoms with Gasteiger partial charge < -0.3 is 19.9 Å². The van der Waals surface area contributed by atoms with Gasteiger partial charge in [-0.25, -0.2) is 13.6 Å². The van der Waals surface area contributed by atoms with Gasteiger partial charge in [0.1, 0.15) is 23.6 Å². The van der Waals surface area contributed by atoms with Gasteiger partial charge in [-0.1, -0.05) is 11.6 Å². The van der Waals surface area contributed by atoms with Crippen LogP contribution in [-0.2, 0) is 17.5 Å². The van der Waals surface area contributed by atoms with Gasteiger partial charge in [-0.2, -0.15) is 4.37 Å². The minimum absolute atomic E-state index is 0.0800. The van der Waals surface area contributed by atoms with Crippen molar-refractivity contribution in [3.05, 3.63) is 53.1 Å². The molecule has 0 radical (unpaired) electrons. The molecule has 0 fully saturated rings. The lowest BCUT2D eigenvalue weighted by Gasteiger charge is -2.22. The summed E-state index contributed by atoms with van der Waals surface area (Å²) in [6.45, 7) is 0.728. The predicted molar refractivity (Wildman–Crippen MR) is 128 cm³/mol. The van der Waals surface area contributed by atoms with Gasteiger partial charge in [0.15, 0.2) is 11.0 Å². The quantitative estimate of drug-likeness (QED) is 0.348. The molecule has 0 bridgehead atoms. The molecular formula is C21H24ClFN4O4S2. The van der Waals surface area contributed by atoms with Crippen LogP contribution in [0, 0.1) is 5.82 Å². The van der Waals surface area contributed by atoms with Gasteiger partial charge in [-0.05, 0) is 37.1 Å². The number of anilines is 2. The highest BCUT2D eigenvalue weighted by atomic mass is 35.5. The van der Waals surface area contributed by atoms with Crippen LogP contribution in [0.15, 0.2) is 41.6 Å². The number of aromatic nitrogens is 2. The number of halogens is 2. The molecule has 8 nitrogen and oxygen atoms in total. The molecule has 1 unspecified atom stereocenters. The maximum atomic E-state index is 15.0. The van der Waals surface area contributed by atoms with E-state index >= 15 is 4.39 Å². The monoisotopic (exact) mass is 514 g/mol. The molecule has 2 N–H and O–H groups in total. The average Bonchev–Trinajstić information content (AvgIpc) is 3.36. The Kier molecular flexibility index (Phi) is 9.24. The zero-order valence-electron chi connectivity index (χ0n) is 18.1. The van der Waals surface area contributed by atoms with Gasteiger partial charge in [0, 0.05) is 36.3 Å². The fourth-order valence-corrected chi connectivity index (χ4v) is 5.15. The van der Waals surface area contributed by atoms with Crippen LogP contribution in [0.1, 0.15) is 18.4 Å². The first kappa shape index (κ1) is 25.2. The van der Waals surface area contributed by atoms with Gasteiger partial charge >= 0.3 is 0 Å². The molecule has 1 atom stereocenters. The summed E-state index contributed by atoms with van der Waals surface area (Å²) in [6.07, 6.45) is 2.68. The molecule has 0 saturated carbocycles. The van der Waals surface area contributed by atoms with Crippen LogP contribution in [-0.4, -0.2) is 46.0 Å². The van der Waals surface area contributed by atoms with Crippen molar-refractivity contribution < 1.29 is 23.2 Å². The second-order valence-corrected chi connectivity index (χ2v) is 9.35. The Labute approximate surface area is 203 Å². The van der Waals surface area contributed by atoms with E-state index in [1.54, 1.807) is 25.3 Å². The van der Waals surface area contributed by atoms with Crippen LogP contribution in [0.3, 0.4) is 0 Å². The fraction of sp³-hybridized carbons (Fsp3) is 0.333. The number of hydrogen-bond donors (Lipinski definition) is 2. The van der Waals surface area contributed by atoms with Gasteiger partial charge in [-0.3, -0.25) is 4.31 Å². The number of aliphatic hydroxyl groups is 1. The van der Waals surface area contributed by atoms with E-state index < -0.39 is 16.8 Å². The number of unbranched alkanes of at least 4 members (excludes halogenated alkanes) is 1. The largest absolute Gasteiger partial charge is 0.497 e. The van der Waals surface area contributed by atoms with Crippen molar-refractivity contribution in [2.45, 2.75) is 24.3 Å². The van der Waals surface area contributed by atoms with Crippen molar-refractivity contribution in [3.8, 4) is 11.5 Å². The normalized spacial score (nSPS) is 11.8. The van der Waals surface area contributed by atoms with E-state index in [-0.39, 0.29) is 23.1 Å². The van der Waals surface area contributed by atoms with Crippen molar-refractivity contribution in [1.29, 1.82) is 0 Å². The van der Waals surface area contributed by atoms with Gasteiger partial charge in [0.2, 0.25) is 5.13 Å². The topological polar surface area (TPSA) is 96.8 Å². The van der Waals surface area contributed by atoms with Crippen LogP contribution in [0.2, 0.25) is 5.02 Å². The number of nitrogens with one attached hydrogen (secondary N) is 1. The Morgan fingerprint density at radius 2 is 2.06 bits per heavy atom. The standard InChI is InChI=1S/C21H24ClFN4O4S2/c1-30-15-6-5-14(19(9-15)31-2)12-27(21-25-13-26-32-21)33(29)20-10-16(22)18(11-17(20)23)24-7-3-4-8-28/h5-6,9-11,13,24,28H,3-4,7-8,12H2,1-2H3. The summed E-state index contributed by atoms with van der Waals surface area (Å²) in [5, 5.41) is 12.5. The molecule has 3 rings (SSSR count). The smallest absolute Gasteiger partial charge is 0.217 e. The molecule has 0 saturated heterocycles. The number of hydrogen-bond acceptors (Lipinski definition) is 8. The zero-order chi connectivity index (χ0) is 23.8. The summed E-state index contributed by atoms with van der Waals surface area (Å²) in [5.74, 6) is 0.472. The fourth-order valence-electron chi connectivity index (χ4n) is 2.99. The molecule has 178 valence electrons. The molecule has 0 amide bonds. The van der Waals surface area contributed by atoms with E-state index in [0.29, 0.717) is 47.3 Å². The van der Waals surface area contributed by atoms with E-state index in [0.717, 1.165) is 11.5 Å². The predicted octanol–water partition coefficient (Wildman–Crippen LogP) is 4.26. The lowest BCUT2D eigenvalue weighted by atomic mass is 10.2. The van der Waals surface area contributed by atoms with Crippen molar-refractivity contribution in [2.75, 3.05) is 37.0 Å². The van der Waals surface area contributed by atoms with E-state index in [2.05, 4.69) is 14.7 Å². The zero-order valence-corrected chi connectivity index (χ0v) is 20.5. The summed E-state index contributed by atoms with van der Waals surface area (Å²) in [7, 11) is 1.10. The number of aliphatic hydroxyl groups excluding tert-OH is 1. The number of ether oxygens (including phenoxy) is 2. The van der Waals surface area contributed by atoms with E-state index in [4.69, 9.17) is 26.2 Å². The number of nitrogens with zero attached hydrogens (tertiary/aromatic N) is 3. The third-order valence-electron chi connectivity index (χ3n) is 4.68. The molecule has 1 heterocycles. The van der Waals surface area contributed by atoms with Gasteiger partial charge in [0.05, 0.1) is 36.4 Å². The van der Waals surface area contributed by atoms with Crippen LogP contribution in [0.25, 0.3) is 0 Å². The molecule has 0 spiro atoms.